The maximum absolute atomic E-state index is 12.6. The summed E-state index contributed by atoms with van der Waals surface area (Å²) in [6.45, 7) is 0.104. The van der Waals surface area contributed by atoms with Crippen molar-refractivity contribution in [2.45, 2.75) is 6.54 Å². The van der Waals surface area contributed by atoms with Gasteiger partial charge in [0.05, 0.1) is 42.2 Å². The van der Waals surface area contributed by atoms with Gasteiger partial charge in [0.15, 0.2) is 0 Å². The van der Waals surface area contributed by atoms with E-state index in [4.69, 9.17) is 27.6 Å². The molecule has 0 bridgehead atoms. The second-order valence-electron chi connectivity index (χ2n) is 4.73. The van der Waals surface area contributed by atoms with Crippen LogP contribution in [0.3, 0.4) is 0 Å². The van der Waals surface area contributed by atoms with E-state index in [1.54, 1.807) is 6.07 Å². The number of carbonyl (C=O) groups excluding carboxylic acids is 1. The fourth-order valence-electron chi connectivity index (χ4n) is 2.22. The van der Waals surface area contributed by atoms with Crippen LogP contribution in [-0.2, 0) is 11.3 Å². The van der Waals surface area contributed by atoms with Crippen LogP contribution in [0, 0.1) is 0 Å². The van der Waals surface area contributed by atoms with Crippen LogP contribution < -0.4 is 5.56 Å². The van der Waals surface area contributed by atoms with Gasteiger partial charge in [-0.05, 0) is 18.2 Å². The Hall–Kier alpha value is -2.31. The SMILES string of the molecule is COC(=O)c1occc1Cn1cnc2c(Cl)cc(Cl)cc2c1=O. The maximum atomic E-state index is 12.6. The second-order valence-corrected chi connectivity index (χ2v) is 5.57. The van der Waals surface area contributed by atoms with E-state index in [1.807, 2.05) is 0 Å². The van der Waals surface area contributed by atoms with Gasteiger partial charge in [-0.1, -0.05) is 23.2 Å². The number of esters is 1. The Morgan fingerprint density at radius 1 is 1.39 bits per heavy atom. The lowest BCUT2D eigenvalue weighted by Gasteiger charge is -2.07. The van der Waals surface area contributed by atoms with Gasteiger partial charge in [-0.2, -0.15) is 0 Å². The molecule has 118 valence electrons. The zero-order chi connectivity index (χ0) is 16.6. The van der Waals surface area contributed by atoms with Crippen molar-refractivity contribution in [2.75, 3.05) is 7.11 Å². The lowest BCUT2D eigenvalue weighted by atomic mass is 10.2. The van der Waals surface area contributed by atoms with Crippen molar-refractivity contribution >= 4 is 40.1 Å². The second kappa shape index (κ2) is 6.06. The summed E-state index contributed by atoms with van der Waals surface area (Å²) in [6, 6.07) is 4.62. The molecule has 23 heavy (non-hydrogen) atoms. The van der Waals surface area contributed by atoms with Crippen LogP contribution >= 0.6 is 23.2 Å². The molecule has 0 saturated heterocycles. The number of halogens is 2. The smallest absolute Gasteiger partial charge is 0.374 e. The molecule has 0 spiro atoms. The van der Waals surface area contributed by atoms with Crippen molar-refractivity contribution in [3.8, 4) is 0 Å². The number of aromatic nitrogens is 2. The Bertz CT molecular complexity index is 962. The molecule has 8 heteroatoms. The highest BCUT2D eigenvalue weighted by Gasteiger charge is 2.17. The predicted octanol–water partition coefficient (Wildman–Crippen LogP) is 3.13. The van der Waals surface area contributed by atoms with E-state index >= 15 is 0 Å². The molecule has 0 aliphatic carbocycles. The Balaban J connectivity index is 2.09. The number of carbonyl (C=O) groups is 1. The molecule has 0 N–H and O–H groups in total. The van der Waals surface area contributed by atoms with E-state index in [-0.39, 0.29) is 17.9 Å². The van der Waals surface area contributed by atoms with Gasteiger partial charge in [0, 0.05) is 10.6 Å². The minimum atomic E-state index is -0.613. The number of ether oxygens (including phenoxy) is 1. The number of benzene rings is 1. The third-order valence-corrected chi connectivity index (χ3v) is 3.81. The molecule has 6 nitrogen and oxygen atoms in total. The highest BCUT2D eigenvalue weighted by atomic mass is 35.5. The van der Waals surface area contributed by atoms with Gasteiger partial charge >= 0.3 is 5.97 Å². The molecule has 0 radical (unpaired) electrons. The first-order valence-corrected chi connectivity index (χ1v) is 7.25. The zero-order valence-electron chi connectivity index (χ0n) is 11.9. The van der Waals surface area contributed by atoms with Gasteiger partial charge in [0.25, 0.3) is 5.56 Å². The fourth-order valence-corrected chi connectivity index (χ4v) is 2.77. The van der Waals surface area contributed by atoms with Gasteiger partial charge in [-0.3, -0.25) is 9.36 Å². The van der Waals surface area contributed by atoms with Crippen LogP contribution in [0.25, 0.3) is 10.9 Å². The number of fused-ring (bicyclic) bond motifs is 1. The Labute approximate surface area is 140 Å². The van der Waals surface area contributed by atoms with Gasteiger partial charge < -0.3 is 9.15 Å². The van der Waals surface area contributed by atoms with Crippen LogP contribution in [0.2, 0.25) is 10.0 Å². The lowest BCUT2D eigenvalue weighted by molar-refractivity contribution is 0.0563. The molecule has 1 aromatic carbocycles. The topological polar surface area (TPSA) is 74.3 Å². The number of rotatable bonds is 3. The zero-order valence-corrected chi connectivity index (χ0v) is 13.4. The Morgan fingerprint density at radius 2 is 2.17 bits per heavy atom. The quantitative estimate of drug-likeness (QED) is 0.677. The van der Waals surface area contributed by atoms with Crippen LogP contribution in [-0.4, -0.2) is 22.6 Å². The van der Waals surface area contributed by atoms with Gasteiger partial charge in [0.1, 0.15) is 0 Å². The molecule has 2 aromatic heterocycles. The van der Waals surface area contributed by atoms with Crippen molar-refractivity contribution in [2.24, 2.45) is 0 Å². The third kappa shape index (κ3) is 2.83. The lowest BCUT2D eigenvalue weighted by Crippen LogP contribution is -2.22. The van der Waals surface area contributed by atoms with Gasteiger partial charge in [-0.25, -0.2) is 9.78 Å². The molecule has 0 fully saturated rings. The minimum absolute atomic E-state index is 0.0450. The van der Waals surface area contributed by atoms with Crippen LogP contribution in [0.4, 0.5) is 0 Å². The highest BCUT2D eigenvalue weighted by Crippen LogP contribution is 2.24. The van der Waals surface area contributed by atoms with Crippen molar-refractivity contribution in [3.05, 3.63) is 62.5 Å². The summed E-state index contributed by atoms with van der Waals surface area (Å²) in [6.07, 6.45) is 2.72. The van der Waals surface area contributed by atoms with Crippen molar-refractivity contribution in [3.63, 3.8) is 0 Å². The van der Waals surface area contributed by atoms with E-state index in [0.717, 1.165) is 0 Å². The summed E-state index contributed by atoms with van der Waals surface area (Å²) in [5, 5.41) is 0.945. The molecule has 0 unspecified atom stereocenters. The molecule has 0 aliphatic rings. The first-order valence-electron chi connectivity index (χ1n) is 6.50. The maximum Gasteiger partial charge on any atom is 0.374 e. The van der Waals surface area contributed by atoms with Gasteiger partial charge in [0.2, 0.25) is 5.76 Å². The monoisotopic (exact) mass is 352 g/mol. The summed E-state index contributed by atoms with van der Waals surface area (Å²) >= 11 is 12.0. The van der Waals surface area contributed by atoms with Crippen LogP contribution in [0.1, 0.15) is 16.1 Å². The van der Waals surface area contributed by atoms with E-state index in [1.165, 1.54) is 36.4 Å². The number of methoxy groups -OCH3 is 1. The number of furan rings is 1. The average Bonchev–Trinajstić information content (AvgIpc) is 2.98. The molecular formula is C15H10Cl2N2O4. The van der Waals surface area contributed by atoms with Crippen LogP contribution in [0.15, 0.2) is 40.0 Å². The minimum Gasteiger partial charge on any atom is -0.463 e. The highest BCUT2D eigenvalue weighted by molar-refractivity contribution is 6.38. The van der Waals surface area contributed by atoms with Crippen LogP contribution in [0.5, 0.6) is 0 Å². The summed E-state index contributed by atoms with van der Waals surface area (Å²) in [4.78, 5) is 28.4. The summed E-state index contributed by atoms with van der Waals surface area (Å²) in [7, 11) is 1.25. The molecular weight excluding hydrogens is 343 g/mol. The first-order chi connectivity index (χ1) is 11.0. The molecule has 0 atom stereocenters. The van der Waals surface area contributed by atoms with Gasteiger partial charge in [-0.15, -0.1) is 0 Å². The van der Waals surface area contributed by atoms with E-state index in [9.17, 15) is 9.59 Å². The number of hydrogen-bond acceptors (Lipinski definition) is 5. The fraction of sp³-hybridized carbons (Fsp3) is 0.133. The predicted molar refractivity (Wildman–Crippen MR) is 85.2 cm³/mol. The average molecular weight is 353 g/mol. The Kier molecular flexibility index (Phi) is 4.11. The standard InChI is InChI=1S/C15H10Cl2N2O4/c1-22-15(21)13-8(2-3-23-13)6-19-7-18-12-10(14(19)20)4-9(16)5-11(12)17/h2-5,7H,6H2,1H3. The first kappa shape index (κ1) is 15.6. The van der Waals surface area contributed by atoms with Crippen molar-refractivity contribution < 1.29 is 13.9 Å². The Morgan fingerprint density at radius 3 is 2.91 bits per heavy atom. The third-order valence-electron chi connectivity index (χ3n) is 3.30. The molecule has 3 rings (SSSR count). The number of hydrogen-bond donors (Lipinski definition) is 0. The normalized spacial score (nSPS) is 10.9. The molecule has 0 saturated carbocycles. The largest absolute Gasteiger partial charge is 0.463 e. The summed E-state index contributed by atoms with van der Waals surface area (Å²) in [5.41, 5.74) is 0.558. The van der Waals surface area contributed by atoms with E-state index in [2.05, 4.69) is 9.72 Å². The van der Waals surface area contributed by atoms with E-state index < -0.39 is 5.97 Å². The number of nitrogens with zero attached hydrogens (tertiary/aromatic N) is 2. The summed E-state index contributed by atoms with van der Waals surface area (Å²) in [5.74, 6) is -0.568. The van der Waals surface area contributed by atoms with E-state index in [0.29, 0.717) is 26.5 Å². The summed E-state index contributed by atoms with van der Waals surface area (Å²) < 4.78 is 11.1. The molecule has 3 aromatic rings. The molecule has 0 amide bonds. The van der Waals surface area contributed by atoms with Crippen molar-refractivity contribution in [1.29, 1.82) is 0 Å². The molecule has 2 heterocycles. The molecule has 0 aliphatic heterocycles. The van der Waals surface area contributed by atoms with Crippen molar-refractivity contribution in [1.82, 2.24) is 9.55 Å².